The van der Waals surface area contributed by atoms with Crippen molar-refractivity contribution in [1.82, 2.24) is 5.32 Å². The molecule has 0 bridgehead atoms. The Balaban J connectivity index is 1.46. The van der Waals surface area contributed by atoms with Gasteiger partial charge in [0.15, 0.2) is 11.5 Å². The fraction of sp³-hybridized carbons (Fsp3) is 0.300. The van der Waals surface area contributed by atoms with Gasteiger partial charge in [-0.05, 0) is 30.7 Å². The fourth-order valence-corrected chi connectivity index (χ4v) is 2.97. The van der Waals surface area contributed by atoms with Gasteiger partial charge in [0.2, 0.25) is 5.91 Å². The molecular weight excluding hydrogens is 403 g/mol. The second-order valence-electron chi connectivity index (χ2n) is 6.24. The molecule has 0 aromatic heterocycles. The Bertz CT molecular complexity index is 856. The molecule has 0 unspecified atom stereocenters. The molecule has 8 heteroatoms. The highest BCUT2D eigenvalue weighted by atomic mass is 35.5. The Hall–Kier alpha value is -2.44. The van der Waals surface area contributed by atoms with Crippen molar-refractivity contribution in [2.24, 2.45) is 0 Å². The molecule has 2 aromatic rings. The van der Waals surface area contributed by atoms with Crippen LogP contribution in [0.25, 0.3) is 0 Å². The molecule has 1 aliphatic heterocycles. The standard InChI is InChI=1S/C20H20Cl2N2O4/c21-14-6-4-13(5-7-14)20(26)23-8-1-3-19(25)24-16-12-18-17(11-15(16)22)27-9-2-10-28-18/h4-7,11-12H,1-3,8-10H2,(H,23,26)(H,24,25). The lowest BCUT2D eigenvalue weighted by molar-refractivity contribution is -0.116. The quantitative estimate of drug-likeness (QED) is 0.680. The summed E-state index contributed by atoms with van der Waals surface area (Å²) in [6.07, 6.45) is 1.52. The molecule has 0 radical (unpaired) electrons. The van der Waals surface area contributed by atoms with E-state index in [0.29, 0.717) is 59.0 Å². The normalized spacial score (nSPS) is 12.8. The minimum Gasteiger partial charge on any atom is -0.490 e. The second-order valence-corrected chi connectivity index (χ2v) is 7.09. The van der Waals surface area contributed by atoms with E-state index >= 15 is 0 Å². The number of hydrogen-bond acceptors (Lipinski definition) is 4. The lowest BCUT2D eigenvalue weighted by Gasteiger charge is -2.12. The van der Waals surface area contributed by atoms with Crippen LogP contribution in [0.2, 0.25) is 10.0 Å². The maximum Gasteiger partial charge on any atom is 0.251 e. The lowest BCUT2D eigenvalue weighted by atomic mass is 10.2. The van der Waals surface area contributed by atoms with Crippen LogP contribution in [0, 0.1) is 0 Å². The molecule has 2 N–H and O–H groups in total. The number of anilines is 1. The average molecular weight is 423 g/mol. The van der Waals surface area contributed by atoms with E-state index in [9.17, 15) is 9.59 Å². The van der Waals surface area contributed by atoms with E-state index in [0.717, 1.165) is 6.42 Å². The number of hydrogen-bond donors (Lipinski definition) is 2. The van der Waals surface area contributed by atoms with Gasteiger partial charge in [-0.25, -0.2) is 0 Å². The highest BCUT2D eigenvalue weighted by molar-refractivity contribution is 6.34. The molecule has 0 atom stereocenters. The summed E-state index contributed by atoms with van der Waals surface area (Å²) in [5.41, 5.74) is 0.994. The third kappa shape index (κ3) is 5.53. The Morgan fingerprint density at radius 2 is 1.68 bits per heavy atom. The largest absolute Gasteiger partial charge is 0.490 e. The number of nitrogens with one attached hydrogen (secondary N) is 2. The van der Waals surface area contributed by atoms with Crippen molar-refractivity contribution >= 4 is 40.7 Å². The zero-order valence-electron chi connectivity index (χ0n) is 15.1. The minimum atomic E-state index is -0.206. The maximum atomic E-state index is 12.2. The van der Waals surface area contributed by atoms with E-state index < -0.39 is 0 Å². The average Bonchev–Trinajstić information content (AvgIpc) is 2.91. The monoisotopic (exact) mass is 422 g/mol. The van der Waals surface area contributed by atoms with E-state index in [-0.39, 0.29) is 18.2 Å². The second kappa shape index (κ2) is 9.66. The van der Waals surface area contributed by atoms with Crippen molar-refractivity contribution in [2.45, 2.75) is 19.3 Å². The number of carbonyl (C=O) groups is 2. The number of rotatable bonds is 6. The first-order valence-electron chi connectivity index (χ1n) is 8.95. The van der Waals surface area contributed by atoms with Crippen molar-refractivity contribution in [3.05, 3.63) is 52.0 Å². The van der Waals surface area contributed by atoms with Crippen LogP contribution in [0.3, 0.4) is 0 Å². The topological polar surface area (TPSA) is 76.7 Å². The van der Waals surface area contributed by atoms with Gasteiger partial charge < -0.3 is 20.1 Å². The summed E-state index contributed by atoms with van der Waals surface area (Å²) in [5.74, 6) is 0.734. The molecule has 0 aliphatic carbocycles. The predicted molar refractivity (Wildman–Crippen MR) is 109 cm³/mol. The molecule has 1 heterocycles. The van der Waals surface area contributed by atoms with Crippen molar-refractivity contribution in [2.75, 3.05) is 25.1 Å². The van der Waals surface area contributed by atoms with Crippen molar-refractivity contribution in [3.63, 3.8) is 0 Å². The van der Waals surface area contributed by atoms with Crippen molar-refractivity contribution in [3.8, 4) is 11.5 Å². The highest BCUT2D eigenvalue weighted by Crippen LogP contribution is 2.37. The third-order valence-electron chi connectivity index (χ3n) is 4.08. The van der Waals surface area contributed by atoms with Gasteiger partial charge in [0.05, 0.1) is 23.9 Å². The lowest BCUT2D eigenvalue weighted by Crippen LogP contribution is -2.25. The Labute approximate surface area is 173 Å². The molecule has 6 nitrogen and oxygen atoms in total. The van der Waals surface area contributed by atoms with Crippen LogP contribution in [-0.2, 0) is 4.79 Å². The number of halogens is 2. The van der Waals surface area contributed by atoms with Gasteiger partial charge in [0.1, 0.15) is 0 Å². The van der Waals surface area contributed by atoms with Gasteiger partial charge in [0.25, 0.3) is 5.91 Å². The zero-order valence-corrected chi connectivity index (χ0v) is 16.6. The summed E-state index contributed by atoms with van der Waals surface area (Å²) in [4.78, 5) is 24.2. The van der Waals surface area contributed by atoms with Gasteiger partial charge in [0, 0.05) is 42.1 Å². The van der Waals surface area contributed by atoms with Gasteiger partial charge >= 0.3 is 0 Å². The molecule has 28 heavy (non-hydrogen) atoms. The first-order valence-corrected chi connectivity index (χ1v) is 9.71. The summed E-state index contributed by atoms with van der Waals surface area (Å²) in [6, 6.07) is 9.92. The Morgan fingerprint density at radius 3 is 2.39 bits per heavy atom. The molecule has 0 saturated heterocycles. The molecule has 2 aromatic carbocycles. The summed E-state index contributed by atoms with van der Waals surface area (Å²) < 4.78 is 11.2. The molecule has 3 rings (SSSR count). The number of amides is 2. The molecule has 0 fully saturated rings. The van der Waals surface area contributed by atoms with Gasteiger partial charge in [-0.2, -0.15) is 0 Å². The zero-order chi connectivity index (χ0) is 19.9. The molecule has 148 valence electrons. The van der Waals surface area contributed by atoms with Crippen LogP contribution in [0.5, 0.6) is 11.5 Å². The number of ether oxygens (including phenoxy) is 2. The first-order chi connectivity index (χ1) is 13.5. The Morgan fingerprint density at radius 1 is 1.00 bits per heavy atom. The van der Waals surface area contributed by atoms with Gasteiger partial charge in [-0.15, -0.1) is 0 Å². The molecule has 0 saturated carbocycles. The molecular formula is C20H20Cl2N2O4. The van der Waals surface area contributed by atoms with Crippen molar-refractivity contribution < 1.29 is 19.1 Å². The summed E-state index contributed by atoms with van der Waals surface area (Å²) in [6.45, 7) is 1.50. The fourth-order valence-electron chi connectivity index (χ4n) is 2.65. The Kier molecular flexibility index (Phi) is 7.01. The van der Waals surface area contributed by atoms with Crippen LogP contribution in [0.1, 0.15) is 29.6 Å². The summed E-state index contributed by atoms with van der Waals surface area (Å²) in [7, 11) is 0. The third-order valence-corrected chi connectivity index (χ3v) is 4.65. The van der Waals surface area contributed by atoms with Crippen LogP contribution in [-0.4, -0.2) is 31.6 Å². The number of benzene rings is 2. The van der Waals surface area contributed by atoms with Crippen LogP contribution in [0.15, 0.2) is 36.4 Å². The number of carbonyl (C=O) groups excluding carboxylic acids is 2. The van der Waals surface area contributed by atoms with E-state index in [1.165, 1.54) is 0 Å². The summed E-state index contributed by atoms with van der Waals surface area (Å²) in [5, 5.41) is 6.50. The van der Waals surface area contributed by atoms with E-state index in [2.05, 4.69) is 10.6 Å². The maximum absolute atomic E-state index is 12.2. The van der Waals surface area contributed by atoms with Gasteiger partial charge in [-0.1, -0.05) is 23.2 Å². The number of fused-ring (bicyclic) bond motifs is 1. The SMILES string of the molecule is O=C(CCCNC(=O)c1ccc(Cl)cc1)Nc1cc2c(cc1Cl)OCCCO2. The smallest absolute Gasteiger partial charge is 0.251 e. The van der Waals surface area contributed by atoms with Crippen LogP contribution < -0.4 is 20.1 Å². The van der Waals surface area contributed by atoms with Gasteiger partial charge in [-0.3, -0.25) is 9.59 Å². The molecule has 0 spiro atoms. The highest BCUT2D eigenvalue weighted by Gasteiger charge is 2.15. The van der Waals surface area contributed by atoms with Crippen LogP contribution >= 0.6 is 23.2 Å². The van der Waals surface area contributed by atoms with E-state index in [4.69, 9.17) is 32.7 Å². The van der Waals surface area contributed by atoms with E-state index in [1.54, 1.807) is 36.4 Å². The molecule has 2 amide bonds. The first kappa shape index (κ1) is 20.3. The van der Waals surface area contributed by atoms with Crippen molar-refractivity contribution in [1.29, 1.82) is 0 Å². The summed E-state index contributed by atoms with van der Waals surface area (Å²) >= 11 is 12.0. The molecule has 1 aliphatic rings. The van der Waals surface area contributed by atoms with E-state index in [1.807, 2.05) is 0 Å². The predicted octanol–water partition coefficient (Wildman–Crippen LogP) is 4.30. The van der Waals surface area contributed by atoms with Crippen LogP contribution in [0.4, 0.5) is 5.69 Å². The minimum absolute atomic E-state index is 0.197.